The predicted molar refractivity (Wildman–Crippen MR) is 101 cm³/mol. The third-order valence-corrected chi connectivity index (χ3v) is 3.47. The number of nitrogens with zero attached hydrogens (tertiary/aromatic N) is 5. The van der Waals surface area contributed by atoms with E-state index >= 15 is 0 Å². The van der Waals surface area contributed by atoms with Crippen LogP contribution in [-0.4, -0.2) is 39.9 Å². The highest BCUT2D eigenvalue weighted by Crippen LogP contribution is 2.19. The van der Waals surface area contributed by atoms with Gasteiger partial charge in [0.15, 0.2) is 0 Å². The lowest BCUT2D eigenvalue weighted by Gasteiger charge is -2.14. The minimum Gasteiger partial charge on any atom is -0.363 e. The van der Waals surface area contributed by atoms with Crippen molar-refractivity contribution in [2.45, 2.75) is 6.92 Å². The summed E-state index contributed by atoms with van der Waals surface area (Å²) in [5.41, 5.74) is 2.33. The highest BCUT2D eigenvalue weighted by molar-refractivity contribution is 6.01. The summed E-state index contributed by atoms with van der Waals surface area (Å²) < 4.78 is 0. The Morgan fingerprint density at radius 3 is 2.31 bits per heavy atom. The molecule has 0 spiro atoms. The molecular weight excluding hydrogens is 330 g/mol. The zero-order valence-corrected chi connectivity index (χ0v) is 14.8. The largest absolute Gasteiger partial charge is 0.363 e. The van der Waals surface area contributed by atoms with Crippen molar-refractivity contribution >= 4 is 29.0 Å². The van der Waals surface area contributed by atoms with Crippen LogP contribution in [0.5, 0.6) is 0 Å². The molecule has 26 heavy (non-hydrogen) atoms. The molecule has 0 bridgehead atoms. The molecule has 8 heteroatoms. The molecule has 132 valence electrons. The lowest BCUT2D eigenvalue weighted by Crippen LogP contribution is -2.15. The highest BCUT2D eigenvalue weighted by Gasteiger charge is 2.09. The quantitative estimate of drug-likeness (QED) is 0.731. The van der Waals surface area contributed by atoms with Crippen LogP contribution in [0.3, 0.4) is 0 Å². The Morgan fingerprint density at radius 1 is 1.00 bits per heavy atom. The van der Waals surface area contributed by atoms with Gasteiger partial charge in [-0.25, -0.2) is 15.0 Å². The van der Waals surface area contributed by atoms with E-state index in [2.05, 4.69) is 30.6 Å². The number of amides is 1. The summed E-state index contributed by atoms with van der Waals surface area (Å²) in [6.45, 7) is 1.92. The maximum absolute atomic E-state index is 12.1. The number of carbonyl (C=O) groups is 1. The summed E-state index contributed by atoms with van der Waals surface area (Å²) in [6.07, 6.45) is 3.05. The van der Waals surface area contributed by atoms with E-state index in [1.165, 1.54) is 12.4 Å². The molecule has 0 aliphatic rings. The molecule has 0 aliphatic heterocycles. The molecule has 2 aromatic heterocycles. The van der Waals surface area contributed by atoms with Crippen molar-refractivity contribution in [3.05, 3.63) is 60.3 Å². The fraction of sp³-hybridized carbons (Fsp3) is 0.167. The molecule has 2 N–H and O–H groups in total. The van der Waals surface area contributed by atoms with Gasteiger partial charge in [-0.05, 0) is 37.3 Å². The van der Waals surface area contributed by atoms with Gasteiger partial charge in [-0.3, -0.25) is 4.79 Å². The number of carbonyl (C=O) groups excluding carboxylic acids is 1. The van der Waals surface area contributed by atoms with Crippen molar-refractivity contribution in [1.29, 1.82) is 0 Å². The first-order chi connectivity index (χ1) is 12.5. The van der Waals surface area contributed by atoms with Crippen molar-refractivity contribution < 1.29 is 4.79 Å². The number of aryl methyl sites for hydroxylation is 1. The Hall–Kier alpha value is -3.55. The van der Waals surface area contributed by atoms with Crippen LogP contribution < -0.4 is 15.5 Å². The molecule has 8 nitrogen and oxygen atoms in total. The lowest BCUT2D eigenvalue weighted by atomic mass is 10.2. The molecule has 0 unspecified atom stereocenters. The Kier molecular flexibility index (Phi) is 5.02. The van der Waals surface area contributed by atoms with E-state index in [4.69, 9.17) is 0 Å². The minimum absolute atomic E-state index is 0.124. The number of rotatable bonds is 5. The van der Waals surface area contributed by atoms with Crippen molar-refractivity contribution in [3.8, 4) is 0 Å². The van der Waals surface area contributed by atoms with Crippen molar-refractivity contribution in [1.82, 2.24) is 19.9 Å². The van der Waals surface area contributed by atoms with Gasteiger partial charge >= 0.3 is 0 Å². The third kappa shape index (κ3) is 4.29. The highest BCUT2D eigenvalue weighted by atomic mass is 16.2. The second-order valence-electron chi connectivity index (χ2n) is 5.81. The summed E-state index contributed by atoms with van der Waals surface area (Å²) in [6, 6.07) is 10.8. The predicted octanol–water partition coefficient (Wildman–Crippen LogP) is 2.64. The monoisotopic (exact) mass is 349 g/mol. The molecule has 3 rings (SSSR count). The summed E-state index contributed by atoms with van der Waals surface area (Å²) in [4.78, 5) is 30.7. The Labute approximate surface area is 151 Å². The van der Waals surface area contributed by atoms with E-state index in [1.807, 2.05) is 44.1 Å². The van der Waals surface area contributed by atoms with Gasteiger partial charge in [0.25, 0.3) is 5.91 Å². The number of anilines is 4. The topological polar surface area (TPSA) is 95.9 Å². The molecule has 3 aromatic rings. The average molecular weight is 349 g/mol. The van der Waals surface area contributed by atoms with Gasteiger partial charge in [0.2, 0.25) is 11.8 Å². The first-order valence-electron chi connectivity index (χ1n) is 8.00. The number of hydrogen-bond donors (Lipinski definition) is 2. The first-order valence-corrected chi connectivity index (χ1v) is 8.00. The Bertz CT molecular complexity index is 895. The fourth-order valence-electron chi connectivity index (χ4n) is 2.21. The molecule has 2 heterocycles. The maximum Gasteiger partial charge on any atom is 0.293 e. The number of benzene rings is 1. The van der Waals surface area contributed by atoms with Gasteiger partial charge in [-0.15, -0.1) is 0 Å². The van der Waals surface area contributed by atoms with Crippen molar-refractivity contribution in [2.24, 2.45) is 0 Å². The van der Waals surface area contributed by atoms with Gasteiger partial charge in [-0.1, -0.05) is 0 Å². The van der Waals surface area contributed by atoms with Crippen LogP contribution in [0.25, 0.3) is 0 Å². The Balaban J connectivity index is 1.69. The zero-order valence-electron chi connectivity index (χ0n) is 14.8. The van der Waals surface area contributed by atoms with Crippen LogP contribution in [0.15, 0.2) is 48.8 Å². The van der Waals surface area contributed by atoms with Crippen molar-refractivity contribution in [3.63, 3.8) is 0 Å². The molecule has 0 radical (unpaired) electrons. The van der Waals surface area contributed by atoms with Crippen LogP contribution in [0.4, 0.5) is 23.1 Å². The van der Waals surface area contributed by atoms with E-state index < -0.39 is 0 Å². The summed E-state index contributed by atoms with van der Waals surface area (Å²) in [7, 11) is 3.86. The third-order valence-electron chi connectivity index (χ3n) is 3.47. The molecule has 1 aromatic carbocycles. The standard InChI is InChI=1S/C18H19N7O/c1-12-11-15(25(2)3)24-18(21-12)23-14-7-5-13(6-8-14)22-17(26)16-19-9-4-10-20-16/h4-11H,1-3H3,(H,22,26)(H,21,23,24). The zero-order chi connectivity index (χ0) is 18.5. The van der Waals surface area contributed by atoms with Crippen LogP contribution in [-0.2, 0) is 0 Å². The lowest BCUT2D eigenvalue weighted by molar-refractivity contribution is 0.101. The van der Waals surface area contributed by atoms with Crippen LogP contribution in [0.2, 0.25) is 0 Å². The van der Waals surface area contributed by atoms with Crippen molar-refractivity contribution in [2.75, 3.05) is 29.6 Å². The fourth-order valence-corrected chi connectivity index (χ4v) is 2.21. The molecule has 0 saturated carbocycles. The van der Waals surface area contributed by atoms with Crippen LogP contribution in [0, 0.1) is 6.92 Å². The van der Waals surface area contributed by atoms with Gasteiger partial charge in [0, 0.05) is 49.6 Å². The van der Waals surface area contributed by atoms with E-state index in [9.17, 15) is 4.79 Å². The molecule has 0 atom stereocenters. The van der Waals surface area contributed by atoms with E-state index in [0.717, 1.165) is 17.2 Å². The average Bonchev–Trinajstić information content (AvgIpc) is 2.63. The summed E-state index contributed by atoms with van der Waals surface area (Å²) >= 11 is 0. The van der Waals surface area contributed by atoms with E-state index in [0.29, 0.717) is 11.6 Å². The normalized spacial score (nSPS) is 10.3. The first kappa shape index (κ1) is 17.3. The van der Waals surface area contributed by atoms with Crippen LogP contribution in [0.1, 0.15) is 16.3 Å². The van der Waals surface area contributed by atoms with Gasteiger partial charge in [-0.2, -0.15) is 4.98 Å². The van der Waals surface area contributed by atoms with Gasteiger partial charge in [0.1, 0.15) is 5.82 Å². The summed E-state index contributed by atoms with van der Waals surface area (Å²) in [5.74, 6) is 1.11. The molecular formula is C18H19N7O. The summed E-state index contributed by atoms with van der Waals surface area (Å²) in [5, 5.41) is 5.92. The molecule has 1 amide bonds. The second kappa shape index (κ2) is 7.56. The number of nitrogens with one attached hydrogen (secondary N) is 2. The molecule has 0 fully saturated rings. The minimum atomic E-state index is -0.357. The SMILES string of the molecule is Cc1cc(N(C)C)nc(Nc2ccc(NC(=O)c3ncccn3)cc2)n1. The molecule has 0 saturated heterocycles. The van der Waals surface area contributed by atoms with E-state index in [1.54, 1.807) is 18.2 Å². The maximum atomic E-state index is 12.1. The molecule has 0 aliphatic carbocycles. The van der Waals surface area contributed by atoms with Gasteiger partial charge in [0.05, 0.1) is 0 Å². The number of hydrogen-bond acceptors (Lipinski definition) is 7. The van der Waals surface area contributed by atoms with Gasteiger partial charge < -0.3 is 15.5 Å². The smallest absolute Gasteiger partial charge is 0.293 e. The van der Waals surface area contributed by atoms with E-state index in [-0.39, 0.29) is 11.7 Å². The Morgan fingerprint density at radius 2 is 1.65 bits per heavy atom. The number of aromatic nitrogens is 4. The second-order valence-corrected chi connectivity index (χ2v) is 5.81. The van der Waals surface area contributed by atoms with Crippen LogP contribution >= 0.6 is 0 Å².